The summed E-state index contributed by atoms with van der Waals surface area (Å²) in [5.41, 5.74) is -1.25. The molecule has 15 heavy (non-hydrogen) atoms. The van der Waals surface area contributed by atoms with Crippen molar-refractivity contribution in [1.82, 2.24) is 0 Å². The Hall–Kier alpha value is -2.37. The zero-order valence-corrected chi connectivity index (χ0v) is 7.30. The highest BCUT2D eigenvalue weighted by molar-refractivity contribution is 6.36. The van der Waals surface area contributed by atoms with Crippen LogP contribution >= 0.6 is 0 Å². The van der Waals surface area contributed by atoms with E-state index in [9.17, 15) is 19.5 Å². The van der Waals surface area contributed by atoms with Gasteiger partial charge in [-0.2, -0.15) is 0 Å². The first-order chi connectivity index (χ1) is 6.99. The Balaban J connectivity index is 3.55. The maximum absolute atomic E-state index is 11.0. The highest BCUT2D eigenvalue weighted by Gasteiger charge is 2.22. The largest absolute Gasteiger partial charge is 0.504 e. The molecule has 0 saturated carbocycles. The molecule has 6 heteroatoms. The molecule has 0 aromatic heterocycles. The number of ketones is 1. The van der Waals surface area contributed by atoms with E-state index in [1.165, 1.54) is 0 Å². The van der Waals surface area contributed by atoms with Crippen LogP contribution in [0.25, 0.3) is 0 Å². The van der Waals surface area contributed by atoms with E-state index in [2.05, 4.69) is 0 Å². The highest BCUT2D eigenvalue weighted by Crippen LogP contribution is 2.31. The van der Waals surface area contributed by atoms with Crippen molar-refractivity contribution in [2.75, 3.05) is 0 Å². The van der Waals surface area contributed by atoms with Gasteiger partial charge in [-0.15, -0.1) is 0 Å². The number of carboxylic acids is 1. The van der Waals surface area contributed by atoms with E-state index < -0.39 is 34.4 Å². The second kappa shape index (κ2) is 3.79. The molecule has 0 amide bonds. The van der Waals surface area contributed by atoms with Crippen LogP contribution in [0.5, 0.6) is 11.5 Å². The zero-order valence-electron chi connectivity index (χ0n) is 7.30. The van der Waals surface area contributed by atoms with Gasteiger partial charge in [0.1, 0.15) is 0 Å². The van der Waals surface area contributed by atoms with E-state index in [4.69, 9.17) is 10.2 Å². The molecule has 1 rings (SSSR count). The standard InChI is InChI=1S/C9H6O6/c10-3-6(12)7-4(9(14)15)1-2-5(11)8(7)13/h1-3,11,13H,(H,14,15). The predicted molar refractivity (Wildman–Crippen MR) is 47.1 cm³/mol. The molecule has 1 aromatic rings. The average Bonchev–Trinajstić information content (AvgIpc) is 2.20. The molecule has 0 radical (unpaired) electrons. The number of phenolic OH excluding ortho intramolecular Hbond substituents is 2. The van der Waals surface area contributed by atoms with E-state index >= 15 is 0 Å². The molecular formula is C9H6O6. The minimum Gasteiger partial charge on any atom is -0.504 e. The van der Waals surface area contributed by atoms with Gasteiger partial charge in [0.25, 0.3) is 0 Å². The lowest BCUT2D eigenvalue weighted by molar-refractivity contribution is -0.104. The Morgan fingerprint density at radius 2 is 1.80 bits per heavy atom. The highest BCUT2D eigenvalue weighted by atomic mass is 16.4. The number of rotatable bonds is 3. The van der Waals surface area contributed by atoms with E-state index in [1.54, 1.807) is 0 Å². The SMILES string of the molecule is O=CC(=O)c1c(C(=O)O)ccc(O)c1O. The summed E-state index contributed by atoms with van der Waals surface area (Å²) in [6.45, 7) is 0. The number of benzene rings is 1. The molecule has 0 bridgehead atoms. The lowest BCUT2D eigenvalue weighted by Crippen LogP contribution is -2.09. The third-order valence-corrected chi connectivity index (χ3v) is 1.74. The van der Waals surface area contributed by atoms with Crippen molar-refractivity contribution in [3.63, 3.8) is 0 Å². The molecule has 0 unspecified atom stereocenters. The molecule has 0 aliphatic carbocycles. The van der Waals surface area contributed by atoms with Gasteiger partial charge in [-0.05, 0) is 12.1 Å². The molecule has 0 atom stereocenters. The fourth-order valence-electron chi connectivity index (χ4n) is 1.07. The second-order valence-corrected chi connectivity index (χ2v) is 2.64. The van der Waals surface area contributed by atoms with Gasteiger partial charge in [-0.25, -0.2) is 4.79 Å². The van der Waals surface area contributed by atoms with Gasteiger partial charge in [0, 0.05) is 0 Å². The Labute approximate surface area is 83.4 Å². The Morgan fingerprint density at radius 3 is 2.27 bits per heavy atom. The van der Waals surface area contributed by atoms with Crippen molar-refractivity contribution in [3.05, 3.63) is 23.3 Å². The van der Waals surface area contributed by atoms with Crippen LogP contribution in [-0.4, -0.2) is 33.4 Å². The fraction of sp³-hybridized carbons (Fsp3) is 0. The predicted octanol–water partition coefficient (Wildman–Crippen LogP) is 0.178. The van der Waals surface area contributed by atoms with Crippen LogP contribution in [0.15, 0.2) is 12.1 Å². The van der Waals surface area contributed by atoms with Crippen molar-refractivity contribution >= 4 is 18.0 Å². The summed E-state index contributed by atoms with van der Waals surface area (Å²) < 4.78 is 0. The number of phenols is 2. The van der Waals surface area contributed by atoms with Crippen molar-refractivity contribution in [2.24, 2.45) is 0 Å². The fourth-order valence-corrected chi connectivity index (χ4v) is 1.07. The summed E-state index contributed by atoms with van der Waals surface area (Å²) in [5.74, 6) is -4.26. The van der Waals surface area contributed by atoms with E-state index in [0.29, 0.717) is 0 Å². The maximum atomic E-state index is 11.0. The van der Waals surface area contributed by atoms with Gasteiger partial charge in [-0.3, -0.25) is 9.59 Å². The van der Waals surface area contributed by atoms with E-state index in [-0.39, 0.29) is 6.29 Å². The maximum Gasteiger partial charge on any atom is 0.336 e. The van der Waals surface area contributed by atoms with Crippen LogP contribution < -0.4 is 0 Å². The van der Waals surface area contributed by atoms with Crippen LogP contribution in [0, 0.1) is 0 Å². The molecule has 78 valence electrons. The van der Waals surface area contributed by atoms with E-state index in [0.717, 1.165) is 12.1 Å². The Kier molecular flexibility index (Phi) is 2.70. The van der Waals surface area contributed by atoms with Crippen LogP contribution in [0.2, 0.25) is 0 Å². The van der Waals surface area contributed by atoms with Crippen molar-refractivity contribution in [1.29, 1.82) is 0 Å². The quantitative estimate of drug-likeness (QED) is 0.284. The monoisotopic (exact) mass is 210 g/mol. The number of aromatic hydroxyl groups is 2. The molecule has 0 saturated heterocycles. The first kappa shape index (κ1) is 10.7. The average molecular weight is 210 g/mol. The molecule has 1 aromatic carbocycles. The summed E-state index contributed by atoms with van der Waals surface area (Å²) >= 11 is 0. The first-order valence-electron chi connectivity index (χ1n) is 3.76. The number of carboxylic acid groups (broad SMARTS) is 1. The number of aldehydes is 1. The minimum absolute atomic E-state index is 0.138. The van der Waals surface area contributed by atoms with Crippen LogP contribution in [0.3, 0.4) is 0 Å². The summed E-state index contributed by atoms with van der Waals surface area (Å²) in [4.78, 5) is 31.9. The second-order valence-electron chi connectivity index (χ2n) is 2.64. The zero-order chi connectivity index (χ0) is 11.6. The lowest BCUT2D eigenvalue weighted by atomic mass is 10.0. The van der Waals surface area contributed by atoms with Crippen molar-refractivity contribution in [2.45, 2.75) is 0 Å². The molecule has 0 aliphatic heterocycles. The van der Waals surface area contributed by atoms with Crippen LogP contribution in [-0.2, 0) is 4.79 Å². The summed E-state index contributed by atoms with van der Waals surface area (Å²) in [6, 6.07) is 1.84. The van der Waals surface area contributed by atoms with Gasteiger partial charge in [0.2, 0.25) is 5.78 Å². The summed E-state index contributed by atoms with van der Waals surface area (Å²) in [6.07, 6.45) is -0.138. The molecule has 0 fully saturated rings. The Bertz CT molecular complexity index is 448. The Morgan fingerprint density at radius 1 is 1.20 bits per heavy atom. The third-order valence-electron chi connectivity index (χ3n) is 1.74. The van der Waals surface area contributed by atoms with Gasteiger partial charge < -0.3 is 15.3 Å². The number of hydrogen-bond donors (Lipinski definition) is 3. The summed E-state index contributed by atoms with van der Waals surface area (Å²) in [7, 11) is 0. The third kappa shape index (κ3) is 1.78. The topological polar surface area (TPSA) is 112 Å². The number of aromatic carboxylic acids is 1. The van der Waals surface area contributed by atoms with Crippen molar-refractivity contribution in [3.8, 4) is 11.5 Å². The normalized spacial score (nSPS) is 9.60. The molecular weight excluding hydrogens is 204 g/mol. The number of hydrogen-bond acceptors (Lipinski definition) is 5. The lowest BCUT2D eigenvalue weighted by Gasteiger charge is -2.05. The van der Waals surface area contributed by atoms with Crippen molar-refractivity contribution < 1.29 is 29.7 Å². The minimum atomic E-state index is -1.48. The number of Topliss-reactive ketones (excluding diaryl/α,β-unsaturated/α-hetero) is 1. The number of carbonyl (C=O) groups is 3. The molecule has 0 heterocycles. The van der Waals surface area contributed by atoms with Gasteiger partial charge in [-0.1, -0.05) is 0 Å². The summed E-state index contributed by atoms with van der Waals surface area (Å²) in [5, 5.41) is 26.9. The molecule has 6 nitrogen and oxygen atoms in total. The molecule has 0 spiro atoms. The van der Waals surface area contributed by atoms with E-state index in [1.807, 2.05) is 0 Å². The van der Waals surface area contributed by atoms with Gasteiger partial charge in [0.15, 0.2) is 17.8 Å². The first-order valence-corrected chi connectivity index (χ1v) is 3.76. The molecule has 3 N–H and O–H groups in total. The van der Waals surface area contributed by atoms with Gasteiger partial charge >= 0.3 is 5.97 Å². The smallest absolute Gasteiger partial charge is 0.336 e. The number of carbonyl (C=O) groups excluding carboxylic acids is 2. The van der Waals surface area contributed by atoms with Gasteiger partial charge in [0.05, 0.1) is 11.1 Å². The van der Waals surface area contributed by atoms with Crippen LogP contribution in [0.4, 0.5) is 0 Å². The molecule has 0 aliphatic rings. The van der Waals surface area contributed by atoms with Crippen LogP contribution in [0.1, 0.15) is 20.7 Å².